The molecule has 1 aromatic carbocycles. The molecule has 34 heavy (non-hydrogen) atoms. The van der Waals surface area contributed by atoms with E-state index in [0.29, 0.717) is 24.2 Å². The first kappa shape index (κ1) is 28.1. The maximum Gasteiger partial charge on any atom is 0.334 e. The van der Waals surface area contributed by atoms with Gasteiger partial charge in [0.2, 0.25) is 5.91 Å². The van der Waals surface area contributed by atoms with Gasteiger partial charge in [0.15, 0.2) is 0 Å². The van der Waals surface area contributed by atoms with E-state index < -0.39 is 41.6 Å². The Morgan fingerprint density at radius 1 is 1.15 bits per heavy atom. The lowest BCUT2D eigenvalue weighted by atomic mass is 9.90. The highest BCUT2D eigenvalue weighted by molar-refractivity contribution is 8.00. The van der Waals surface area contributed by atoms with E-state index in [1.165, 1.54) is 6.07 Å². The lowest BCUT2D eigenvalue weighted by molar-refractivity contribution is -0.143. The Morgan fingerprint density at radius 3 is 2.38 bits per heavy atom. The minimum Gasteiger partial charge on any atom is -0.465 e. The van der Waals surface area contributed by atoms with Gasteiger partial charge in [-0.1, -0.05) is 11.6 Å². The summed E-state index contributed by atoms with van der Waals surface area (Å²) in [4.78, 5) is 51.4. The molecule has 2 amide bonds. The molecule has 0 radical (unpaired) electrons. The van der Waals surface area contributed by atoms with E-state index in [0.717, 1.165) is 17.8 Å². The summed E-state index contributed by atoms with van der Waals surface area (Å²) < 4.78 is 25.1. The molecule has 2 rings (SSSR count). The number of rotatable bonds is 9. The van der Waals surface area contributed by atoms with Gasteiger partial charge in [-0.25, -0.2) is 14.1 Å². The maximum atomic E-state index is 15.0. The molecule has 0 aliphatic heterocycles. The van der Waals surface area contributed by atoms with Crippen molar-refractivity contribution < 1.29 is 33.0 Å². The smallest absolute Gasteiger partial charge is 0.334 e. The van der Waals surface area contributed by atoms with Gasteiger partial charge in [-0.15, -0.1) is 23.4 Å². The van der Waals surface area contributed by atoms with E-state index in [1.54, 1.807) is 20.8 Å². The van der Waals surface area contributed by atoms with E-state index in [4.69, 9.17) is 32.7 Å². The average molecular weight is 534 g/mol. The Kier molecular flexibility index (Phi) is 10.9. The van der Waals surface area contributed by atoms with Crippen molar-refractivity contribution in [2.75, 3.05) is 23.1 Å². The number of hydrogen-bond donors (Lipinski definition) is 0. The standard InChI is InChI=1S/C23H26Cl2FNO6S/c1-4-32-21(29)12-34-19-10-18(17(26)9-16(19)25)27(20(28)11-24)22(30)14-7-5-6-8-15(14)23(31)33-13(2)3/h9-10,13H,4-8,11-12H2,1-3H3. The summed E-state index contributed by atoms with van der Waals surface area (Å²) in [5.74, 6) is -4.49. The van der Waals surface area contributed by atoms with Crippen LogP contribution in [0.5, 0.6) is 0 Å². The summed E-state index contributed by atoms with van der Waals surface area (Å²) in [6.07, 6.45) is 1.43. The summed E-state index contributed by atoms with van der Waals surface area (Å²) in [6.45, 7) is 5.23. The summed E-state index contributed by atoms with van der Waals surface area (Å²) in [5, 5.41) is -0.000600. The summed E-state index contributed by atoms with van der Waals surface area (Å²) in [7, 11) is 0. The molecule has 0 spiro atoms. The van der Waals surface area contributed by atoms with Gasteiger partial charge in [0, 0.05) is 16.0 Å². The molecule has 0 unspecified atom stereocenters. The SMILES string of the molecule is CCOC(=O)CSc1cc(N(C(=O)CCl)C(=O)C2=C(C(=O)OC(C)C)CCCC2)c(F)cc1Cl. The quantitative estimate of drug-likeness (QED) is 0.249. The van der Waals surface area contributed by atoms with Crippen molar-refractivity contribution in [3.8, 4) is 0 Å². The predicted molar refractivity (Wildman–Crippen MR) is 129 cm³/mol. The number of hydrogen-bond acceptors (Lipinski definition) is 7. The molecule has 11 heteroatoms. The van der Waals surface area contributed by atoms with Crippen LogP contribution in [-0.2, 0) is 28.7 Å². The number of imide groups is 1. The molecular formula is C23H26Cl2FNO6S. The van der Waals surface area contributed by atoms with Gasteiger partial charge in [0.05, 0.1) is 29.2 Å². The first-order chi connectivity index (χ1) is 16.1. The molecule has 0 bridgehead atoms. The van der Waals surface area contributed by atoms with Crippen molar-refractivity contribution in [3.63, 3.8) is 0 Å². The lowest BCUT2D eigenvalue weighted by Crippen LogP contribution is -2.40. The number of esters is 2. The molecule has 186 valence electrons. The van der Waals surface area contributed by atoms with Gasteiger partial charge in [-0.2, -0.15) is 0 Å². The molecule has 0 N–H and O–H groups in total. The fourth-order valence-corrected chi connectivity index (χ4v) is 4.53. The zero-order valence-electron chi connectivity index (χ0n) is 19.1. The van der Waals surface area contributed by atoms with E-state index in [2.05, 4.69) is 0 Å². The highest BCUT2D eigenvalue weighted by Crippen LogP contribution is 2.36. The average Bonchev–Trinajstić information content (AvgIpc) is 2.79. The van der Waals surface area contributed by atoms with Crippen LogP contribution in [0.4, 0.5) is 10.1 Å². The van der Waals surface area contributed by atoms with Crippen LogP contribution < -0.4 is 4.90 Å². The minimum atomic E-state index is -0.931. The number of anilines is 1. The normalized spacial score (nSPS) is 13.6. The van der Waals surface area contributed by atoms with Gasteiger partial charge >= 0.3 is 11.9 Å². The first-order valence-electron chi connectivity index (χ1n) is 10.7. The monoisotopic (exact) mass is 533 g/mol. The lowest BCUT2D eigenvalue weighted by Gasteiger charge is -2.26. The molecule has 1 aliphatic carbocycles. The van der Waals surface area contributed by atoms with E-state index in [1.807, 2.05) is 0 Å². The summed E-state index contributed by atoms with van der Waals surface area (Å²) in [6, 6.07) is 2.16. The Morgan fingerprint density at radius 2 is 1.79 bits per heavy atom. The number of halogens is 3. The third-order valence-corrected chi connectivity index (χ3v) is 6.46. The van der Waals surface area contributed by atoms with Crippen LogP contribution in [0.25, 0.3) is 0 Å². The van der Waals surface area contributed by atoms with Crippen LogP contribution in [0.3, 0.4) is 0 Å². The van der Waals surface area contributed by atoms with Crippen LogP contribution in [-0.4, -0.2) is 48.1 Å². The third kappa shape index (κ3) is 7.20. The van der Waals surface area contributed by atoms with Crippen LogP contribution in [0, 0.1) is 5.82 Å². The van der Waals surface area contributed by atoms with Crippen molar-refractivity contribution in [1.29, 1.82) is 0 Å². The second-order valence-electron chi connectivity index (χ2n) is 7.61. The van der Waals surface area contributed by atoms with Crippen molar-refractivity contribution in [1.82, 2.24) is 0 Å². The van der Waals surface area contributed by atoms with Crippen LogP contribution in [0.15, 0.2) is 28.2 Å². The van der Waals surface area contributed by atoms with E-state index in [-0.39, 0.29) is 45.5 Å². The summed E-state index contributed by atoms with van der Waals surface area (Å²) >= 11 is 12.8. The second kappa shape index (κ2) is 13.1. The zero-order chi connectivity index (χ0) is 25.4. The Bertz CT molecular complexity index is 998. The van der Waals surface area contributed by atoms with Gasteiger partial charge < -0.3 is 9.47 Å². The Balaban J connectivity index is 2.51. The summed E-state index contributed by atoms with van der Waals surface area (Å²) in [5.41, 5.74) is -0.116. The Labute approximate surface area is 211 Å². The van der Waals surface area contributed by atoms with Crippen molar-refractivity contribution in [3.05, 3.63) is 34.1 Å². The zero-order valence-corrected chi connectivity index (χ0v) is 21.4. The molecule has 1 aromatic rings. The largest absolute Gasteiger partial charge is 0.465 e. The fraction of sp³-hybridized carbons (Fsp3) is 0.478. The van der Waals surface area contributed by atoms with Crippen molar-refractivity contribution in [2.45, 2.75) is 57.5 Å². The molecule has 1 aliphatic rings. The number of amides is 2. The second-order valence-corrected chi connectivity index (χ2v) is 9.31. The van der Waals surface area contributed by atoms with Crippen LogP contribution in [0.2, 0.25) is 5.02 Å². The maximum absolute atomic E-state index is 15.0. The predicted octanol–water partition coefficient (Wildman–Crippen LogP) is 5.05. The number of benzene rings is 1. The molecule has 0 heterocycles. The van der Waals surface area contributed by atoms with Gasteiger partial charge in [0.1, 0.15) is 11.7 Å². The number of nitrogens with zero attached hydrogens (tertiary/aromatic N) is 1. The number of carbonyl (C=O) groups is 4. The fourth-order valence-electron chi connectivity index (χ4n) is 3.34. The molecule has 7 nitrogen and oxygen atoms in total. The van der Waals surface area contributed by atoms with E-state index >= 15 is 0 Å². The van der Waals surface area contributed by atoms with Gasteiger partial charge in [0.25, 0.3) is 5.91 Å². The van der Waals surface area contributed by atoms with Crippen LogP contribution in [0.1, 0.15) is 46.5 Å². The Hall–Kier alpha value is -2.10. The first-order valence-corrected chi connectivity index (χ1v) is 12.6. The van der Waals surface area contributed by atoms with Gasteiger partial charge in [-0.05, 0) is 58.6 Å². The molecule has 0 saturated heterocycles. The molecule has 0 saturated carbocycles. The van der Waals surface area contributed by atoms with Crippen LogP contribution >= 0.6 is 35.0 Å². The number of carbonyl (C=O) groups excluding carboxylic acids is 4. The van der Waals surface area contributed by atoms with Crippen molar-refractivity contribution >= 4 is 64.4 Å². The van der Waals surface area contributed by atoms with E-state index in [9.17, 15) is 23.6 Å². The van der Waals surface area contributed by atoms with Crippen molar-refractivity contribution in [2.24, 2.45) is 0 Å². The highest BCUT2D eigenvalue weighted by atomic mass is 35.5. The minimum absolute atomic E-state index is 0.000600. The molecule has 0 fully saturated rings. The highest BCUT2D eigenvalue weighted by Gasteiger charge is 2.33. The third-order valence-electron chi connectivity index (χ3n) is 4.78. The number of alkyl halides is 1. The van der Waals surface area contributed by atoms with Gasteiger partial charge in [-0.3, -0.25) is 14.4 Å². The molecule has 0 atom stereocenters. The number of ether oxygens (including phenoxy) is 2. The number of thioether (sulfide) groups is 1. The molecule has 0 aromatic heterocycles. The topological polar surface area (TPSA) is 90.0 Å². The molecular weight excluding hydrogens is 508 g/mol.